The van der Waals surface area contributed by atoms with E-state index in [9.17, 15) is 13.2 Å². The molecular weight excluding hydrogens is 324 g/mol. The first-order valence-electron chi connectivity index (χ1n) is 8.15. The first-order chi connectivity index (χ1) is 11.3. The van der Waals surface area contributed by atoms with E-state index in [2.05, 4.69) is 10.0 Å². The molecule has 0 aromatic heterocycles. The van der Waals surface area contributed by atoms with Gasteiger partial charge in [-0.1, -0.05) is 43.7 Å². The molecule has 24 heavy (non-hydrogen) atoms. The van der Waals surface area contributed by atoms with E-state index in [1.165, 1.54) is 0 Å². The van der Waals surface area contributed by atoms with E-state index in [-0.39, 0.29) is 16.8 Å². The fourth-order valence-electron chi connectivity index (χ4n) is 2.56. The molecule has 2 N–H and O–H groups in total. The Morgan fingerprint density at radius 3 is 2.42 bits per heavy atom. The molecular formula is C18H24N2O3S. The highest BCUT2D eigenvalue weighted by molar-refractivity contribution is 7.89. The number of benzene rings is 2. The van der Waals surface area contributed by atoms with Crippen LogP contribution in [0.3, 0.4) is 0 Å². The van der Waals surface area contributed by atoms with Gasteiger partial charge in [0.15, 0.2) is 0 Å². The van der Waals surface area contributed by atoms with Crippen molar-refractivity contribution >= 4 is 26.7 Å². The molecule has 130 valence electrons. The molecule has 6 heteroatoms. The minimum atomic E-state index is -3.75. The minimum absolute atomic E-state index is 0.0233. The van der Waals surface area contributed by atoms with Gasteiger partial charge in [-0.2, -0.15) is 4.72 Å². The summed E-state index contributed by atoms with van der Waals surface area (Å²) >= 11 is 0. The molecule has 5 nitrogen and oxygen atoms in total. The van der Waals surface area contributed by atoms with E-state index in [1.807, 2.05) is 38.1 Å². The van der Waals surface area contributed by atoms with Gasteiger partial charge in [0.25, 0.3) is 0 Å². The lowest BCUT2D eigenvalue weighted by Gasteiger charge is -2.18. The van der Waals surface area contributed by atoms with Crippen LogP contribution in [0.4, 0.5) is 0 Å². The van der Waals surface area contributed by atoms with Crippen LogP contribution in [-0.4, -0.2) is 26.4 Å². The number of hydrogen-bond donors (Lipinski definition) is 2. The summed E-state index contributed by atoms with van der Waals surface area (Å²) in [4.78, 5) is 12.3. The lowest BCUT2D eigenvalue weighted by molar-refractivity contribution is -0.123. The smallest absolute Gasteiger partial charge is 0.241 e. The zero-order valence-corrected chi connectivity index (χ0v) is 15.1. The highest BCUT2D eigenvalue weighted by Gasteiger charge is 2.23. The maximum Gasteiger partial charge on any atom is 0.241 e. The van der Waals surface area contributed by atoms with Crippen LogP contribution in [0.15, 0.2) is 47.4 Å². The number of nitrogens with one attached hydrogen (secondary N) is 2. The van der Waals surface area contributed by atoms with E-state index < -0.39 is 16.1 Å². The number of rotatable bonds is 7. The second-order valence-corrected chi connectivity index (χ2v) is 7.76. The second-order valence-electron chi connectivity index (χ2n) is 6.05. The van der Waals surface area contributed by atoms with Gasteiger partial charge in [-0.3, -0.25) is 4.79 Å². The number of hydrogen-bond acceptors (Lipinski definition) is 3. The van der Waals surface area contributed by atoms with Crippen molar-refractivity contribution in [3.05, 3.63) is 42.5 Å². The Balaban J connectivity index is 2.12. The lowest BCUT2D eigenvalue weighted by atomic mass is 10.1. The van der Waals surface area contributed by atoms with Gasteiger partial charge in [-0.25, -0.2) is 8.42 Å². The third-order valence-electron chi connectivity index (χ3n) is 3.87. The van der Waals surface area contributed by atoms with Crippen molar-refractivity contribution in [2.45, 2.75) is 50.6 Å². The SMILES string of the molecule is CCC[C@@H](C)NC(=O)[C@H](C)NS(=O)(=O)c1ccc2ccccc2c1. The van der Waals surface area contributed by atoms with Gasteiger partial charge in [-0.05, 0) is 43.2 Å². The number of amides is 1. The zero-order chi connectivity index (χ0) is 17.7. The average molecular weight is 348 g/mol. The van der Waals surface area contributed by atoms with Crippen LogP contribution in [0, 0.1) is 0 Å². The Hall–Kier alpha value is -1.92. The molecule has 0 aliphatic rings. The van der Waals surface area contributed by atoms with Crippen molar-refractivity contribution < 1.29 is 13.2 Å². The van der Waals surface area contributed by atoms with E-state index in [0.717, 1.165) is 23.6 Å². The molecule has 0 fully saturated rings. The molecule has 0 saturated carbocycles. The molecule has 0 radical (unpaired) electrons. The van der Waals surface area contributed by atoms with Crippen LogP contribution in [0.2, 0.25) is 0 Å². The molecule has 0 bridgehead atoms. The molecule has 2 atom stereocenters. The summed E-state index contributed by atoms with van der Waals surface area (Å²) in [5, 5.41) is 4.63. The third-order valence-corrected chi connectivity index (χ3v) is 5.41. The molecule has 0 unspecified atom stereocenters. The standard InChI is InChI=1S/C18H24N2O3S/c1-4-7-13(2)19-18(21)14(3)20-24(22,23)17-11-10-15-8-5-6-9-16(15)12-17/h5-6,8-14,20H,4,7H2,1-3H3,(H,19,21)/t13-,14+/m1/s1. The molecule has 2 rings (SSSR count). The summed E-state index contributed by atoms with van der Waals surface area (Å²) < 4.78 is 27.5. The number of fused-ring (bicyclic) bond motifs is 1. The van der Waals surface area contributed by atoms with Crippen molar-refractivity contribution in [1.82, 2.24) is 10.0 Å². The molecule has 1 amide bonds. The van der Waals surface area contributed by atoms with Crippen molar-refractivity contribution in [1.29, 1.82) is 0 Å². The van der Waals surface area contributed by atoms with Crippen LogP contribution in [0.1, 0.15) is 33.6 Å². The Morgan fingerprint density at radius 2 is 1.75 bits per heavy atom. The largest absolute Gasteiger partial charge is 0.352 e. The Kier molecular flexibility index (Phi) is 5.96. The van der Waals surface area contributed by atoms with Gasteiger partial charge in [-0.15, -0.1) is 0 Å². The molecule has 2 aromatic carbocycles. The number of sulfonamides is 1. The van der Waals surface area contributed by atoms with Crippen molar-refractivity contribution in [2.24, 2.45) is 0 Å². The van der Waals surface area contributed by atoms with Gasteiger partial charge in [0.1, 0.15) is 0 Å². The highest BCUT2D eigenvalue weighted by atomic mass is 32.2. The van der Waals surface area contributed by atoms with E-state index in [4.69, 9.17) is 0 Å². The first-order valence-corrected chi connectivity index (χ1v) is 9.63. The highest BCUT2D eigenvalue weighted by Crippen LogP contribution is 2.19. The normalized spacial score (nSPS) is 14.3. The fourth-order valence-corrected chi connectivity index (χ4v) is 3.80. The summed E-state index contributed by atoms with van der Waals surface area (Å²) in [6, 6.07) is 11.7. The fraction of sp³-hybridized carbons (Fsp3) is 0.389. The van der Waals surface area contributed by atoms with Gasteiger partial charge >= 0.3 is 0 Å². The summed E-state index contributed by atoms with van der Waals surface area (Å²) in [7, 11) is -3.75. The van der Waals surface area contributed by atoms with Crippen molar-refractivity contribution in [3.8, 4) is 0 Å². The molecule has 0 spiro atoms. The third kappa shape index (κ3) is 4.55. The zero-order valence-electron chi connectivity index (χ0n) is 14.2. The van der Waals surface area contributed by atoms with Crippen LogP contribution in [0.5, 0.6) is 0 Å². The molecule has 2 aromatic rings. The van der Waals surface area contributed by atoms with E-state index in [1.54, 1.807) is 25.1 Å². The molecule has 0 aliphatic carbocycles. The number of carbonyl (C=O) groups excluding carboxylic acids is 1. The molecule has 0 aliphatic heterocycles. The summed E-state index contributed by atoms with van der Waals surface area (Å²) in [6.07, 6.45) is 1.81. The van der Waals surface area contributed by atoms with Crippen LogP contribution >= 0.6 is 0 Å². The predicted octanol–water partition coefficient (Wildman–Crippen LogP) is 2.81. The van der Waals surface area contributed by atoms with Gasteiger partial charge < -0.3 is 5.32 Å². The topological polar surface area (TPSA) is 75.3 Å². The number of carbonyl (C=O) groups is 1. The summed E-state index contributed by atoms with van der Waals surface area (Å²) in [5.41, 5.74) is 0. The maximum absolute atomic E-state index is 12.5. The molecule has 0 saturated heterocycles. The predicted molar refractivity (Wildman–Crippen MR) is 96.2 cm³/mol. The first kappa shape index (κ1) is 18.4. The monoisotopic (exact) mass is 348 g/mol. The maximum atomic E-state index is 12.5. The van der Waals surface area contributed by atoms with Gasteiger partial charge in [0, 0.05) is 6.04 Å². The lowest BCUT2D eigenvalue weighted by Crippen LogP contribution is -2.47. The Labute approximate surface area is 143 Å². The average Bonchev–Trinajstić information content (AvgIpc) is 2.54. The van der Waals surface area contributed by atoms with Crippen LogP contribution in [-0.2, 0) is 14.8 Å². The summed E-state index contributed by atoms with van der Waals surface area (Å²) in [5.74, 6) is -0.319. The quantitative estimate of drug-likeness (QED) is 0.808. The minimum Gasteiger partial charge on any atom is -0.352 e. The van der Waals surface area contributed by atoms with Crippen molar-refractivity contribution in [2.75, 3.05) is 0 Å². The summed E-state index contributed by atoms with van der Waals surface area (Å²) in [6.45, 7) is 5.49. The van der Waals surface area contributed by atoms with Gasteiger partial charge in [0.2, 0.25) is 15.9 Å². The van der Waals surface area contributed by atoms with Gasteiger partial charge in [0.05, 0.1) is 10.9 Å². The van der Waals surface area contributed by atoms with E-state index in [0.29, 0.717) is 0 Å². The van der Waals surface area contributed by atoms with E-state index >= 15 is 0 Å². The second kappa shape index (κ2) is 7.77. The Morgan fingerprint density at radius 1 is 1.08 bits per heavy atom. The molecule has 0 heterocycles. The van der Waals surface area contributed by atoms with Crippen LogP contribution < -0.4 is 10.0 Å². The Bertz CT molecular complexity index is 818. The van der Waals surface area contributed by atoms with Crippen molar-refractivity contribution in [3.63, 3.8) is 0 Å². The van der Waals surface area contributed by atoms with Crippen LogP contribution in [0.25, 0.3) is 10.8 Å².